The number of esters is 1. The summed E-state index contributed by atoms with van der Waals surface area (Å²) in [7, 11) is 0. The van der Waals surface area contributed by atoms with E-state index in [4.69, 9.17) is 53.9 Å². The van der Waals surface area contributed by atoms with Gasteiger partial charge in [0.05, 0.1) is 26.5 Å². The minimum absolute atomic E-state index is 0.169. The van der Waals surface area contributed by atoms with Crippen LogP contribution in [-0.2, 0) is 19.2 Å². The topological polar surface area (TPSA) is 95.5 Å². The predicted molar refractivity (Wildman–Crippen MR) is 112 cm³/mol. The van der Waals surface area contributed by atoms with Crippen LogP contribution in [-0.4, -0.2) is 37.6 Å². The molecular formula is C19H15Cl3N2O6. The number of halogens is 3. The Hall–Kier alpha value is -2.68. The zero-order valence-electron chi connectivity index (χ0n) is 15.5. The Balaban J connectivity index is 1.44. The van der Waals surface area contributed by atoms with Crippen LogP contribution < -0.4 is 14.8 Å². The summed E-state index contributed by atoms with van der Waals surface area (Å²) in [4.78, 5) is 28.6. The molecule has 0 spiro atoms. The fourth-order valence-corrected chi connectivity index (χ4v) is 2.94. The highest BCUT2D eigenvalue weighted by Gasteiger charge is 2.15. The predicted octanol–water partition coefficient (Wildman–Crippen LogP) is 4.30. The van der Waals surface area contributed by atoms with Gasteiger partial charge in [-0.15, -0.1) is 0 Å². The van der Waals surface area contributed by atoms with Crippen molar-refractivity contribution in [2.24, 2.45) is 5.16 Å². The van der Waals surface area contributed by atoms with Gasteiger partial charge in [-0.05, 0) is 37.3 Å². The van der Waals surface area contributed by atoms with Crippen molar-refractivity contribution in [3.8, 4) is 11.5 Å². The minimum Gasteiger partial charge on any atom is -0.454 e. The Labute approximate surface area is 186 Å². The summed E-state index contributed by atoms with van der Waals surface area (Å²) in [5, 5.41) is 6.99. The van der Waals surface area contributed by atoms with Crippen molar-refractivity contribution in [1.29, 1.82) is 0 Å². The highest BCUT2D eigenvalue weighted by molar-refractivity contribution is 6.44. The Kier molecular flexibility index (Phi) is 7.25. The molecule has 1 aliphatic heterocycles. The van der Waals surface area contributed by atoms with Crippen molar-refractivity contribution in [2.45, 2.75) is 6.92 Å². The average Bonchev–Trinajstić information content (AvgIpc) is 3.18. The number of hydrogen-bond acceptors (Lipinski definition) is 7. The van der Waals surface area contributed by atoms with Gasteiger partial charge in [0.1, 0.15) is 0 Å². The SMILES string of the molecule is C/C(=N\OCC(=O)OCC(=O)Nc1cc(Cl)c(Cl)cc1Cl)c1ccc2c(c1)OCO2. The molecular weight excluding hydrogens is 459 g/mol. The number of nitrogens with one attached hydrogen (secondary N) is 1. The van der Waals surface area contributed by atoms with Crippen molar-refractivity contribution in [3.63, 3.8) is 0 Å². The maximum atomic E-state index is 11.9. The third kappa shape index (κ3) is 5.69. The first kappa shape index (κ1) is 22.0. The summed E-state index contributed by atoms with van der Waals surface area (Å²) < 4.78 is 15.4. The van der Waals surface area contributed by atoms with Gasteiger partial charge < -0.3 is 24.4 Å². The second-order valence-corrected chi connectivity index (χ2v) is 7.19. The van der Waals surface area contributed by atoms with Gasteiger partial charge in [0.15, 0.2) is 18.1 Å². The number of anilines is 1. The van der Waals surface area contributed by atoms with E-state index in [-0.39, 0.29) is 27.5 Å². The van der Waals surface area contributed by atoms with Crippen LogP contribution in [0.5, 0.6) is 11.5 Å². The van der Waals surface area contributed by atoms with E-state index in [1.54, 1.807) is 25.1 Å². The Morgan fingerprint density at radius 1 is 1.03 bits per heavy atom. The van der Waals surface area contributed by atoms with E-state index >= 15 is 0 Å². The molecule has 1 heterocycles. The standard InChI is InChI=1S/C19H15Cl3N2O6/c1-10(11-2-3-16-17(4-11)29-9-28-16)24-30-8-19(26)27-7-18(25)23-15-6-13(21)12(20)5-14(15)22/h2-6H,7-9H2,1H3,(H,23,25)/b24-10+. The maximum Gasteiger partial charge on any atom is 0.347 e. The first-order valence-corrected chi connectivity index (χ1v) is 9.63. The quantitative estimate of drug-likeness (QED) is 0.279. The fourth-order valence-electron chi connectivity index (χ4n) is 2.35. The molecule has 0 aliphatic carbocycles. The van der Waals surface area contributed by atoms with E-state index in [0.717, 1.165) is 5.56 Å². The number of nitrogens with zero attached hydrogens (tertiary/aromatic N) is 1. The molecule has 1 N–H and O–H groups in total. The van der Waals surface area contributed by atoms with E-state index in [1.807, 2.05) is 0 Å². The minimum atomic E-state index is -0.771. The molecule has 0 unspecified atom stereocenters. The summed E-state index contributed by atoms with van der Waals surface area (Å²) in [5.74, 6) is -0.123. The summed E-state index contributed by atoms with van der Waals surface area (Å²) in [6, 6.07) is 8.07. The number of oxime groups is 1. The van der Waals surface area contributed by atoms with E-state index in [9.17, 15) is 9.59 Å². The van der Waals surface area contributed by atoms with Crippen LogP contribution in [0.25, 0.3) is 0 Å². The molecule has 8 nitrogen and oxygen atoms in total. The van der Waals surface area contributed by atoms with E-state index in [1.165, 1.54) is 12.1 Å². The molecule has 1 amide bonds. The summed E-state index contributed by atoms with van der Waals surface area (Å²) in [5.41, 5.74) is 1.51. The van der Waals surface area contributed by atoms with Gasteiger partial charge in [0.2, 0.25) is 13.4 Å². The number of ether oxygens (including phenoxy) is 3. The number of fused-ring (bicyclic) bond motifs is 1. The smallest absolute Gasteiger partial charge is 0.347 e. The third-order valence-corrected chi connectivity index (χ3v) is 4.86. The van der Waals surface area contributed by atoms with E-state index in [0.29, 0.717) is 17.2 Å². The molecule has 0 atom stereocenters. The molecule has 0 saturated heterocycles. The molecule has 2 aromatic carbocycles. The van der Waals surface area contributed by atoms with Gasteiger partial charge in [-0.1, -0.05) is 40.0 Å². The van der Waals surface area contributed by atoms with Crippen LogP contribution in [0, 0.1) is 0 Å². The Morgan fingerprint density at radius 3 is 2.57 bits per heavy atom. The lowest BCUT2D eigenvalue weighted by Crippen LogP contribution is -2.22. The molecule has 30 heavy (non-hydrogen) atoms. The van der Waals surface area contributed by atoms with Crippen LogP contribution in [0.2, 0.25) is 15.1 Å². The second-order valence-electron chi connectivity index (χ2n) is 5.97. The first-order valence-electron chi connectivity index (χ1n) is 8.50. The molecule has 1 aliphatic rings. The molecule has 2 aromatic rings. The number of hydrogen-bond donors (Lipinski definition) is 1. The lowest BCUT2D eigenvalue weighted by molar-refractivity contribution is -0.151. The highest BCUT2D eigenvalue weighted by Crippen LogP contribution is 2.33. The van der Waals surface area contributed by atoms with Crippen molar-refractivity contribution >= 4 is 58.1 Å². The number of amides is 1. The van der Waals surface area contributed by atoms with Crippen molar-refractivity contribution in [3.05, 3.63) is 51.0 Å². The van der Waals surface area contributed by atoms with Crippen molar-refractivity contribution in [1.82, 2.24) is 0 Å². The largest absolute Gasteiger partial charge is 0.454 e. The van der Waals surface area contributed by atoms with Gasteiger partial charge in [0.25, 0.3) is 5.91 Å². The van der Waals surface area contributed by atoms with Gasteiger partial charge in [-0.2, -0.15) is 0 Å². The number of carbonyl (C=O) groups excluding carboxylic acids is 2. The van der Waals surface area contributed by atoms with E-state index in [2.05, 4.69) is 10.5 Å². The monoisotopic (exact) mass is 472 g/mol. The molecule has 0 saturated carbocycles. The first-order chi connectivity index (χ1) is 14.3. The zero-order chi connectivity index (χ0) is 21.7. The molecule has 3 rings (SSSR count). The summed E-state index contributed by atoms with van der Waals surface area (Å²) in [6.45, 7) is 0.867. The van der Waals surface area contributed by atoms with Gasteiger partial charge in [-0.3, -0.25) is 4.79 Å². The Bertz CT molecular complexity index is 1010. The number of benzene rings is 2. The van der Waals surface area contributed by atoms with Crippen LogP contribution in [0.1, 0.15) is 12.5 Å². The number of rotatable bonds is 7. The van der Waals surface area contributed by atoms with Crippen LogP contribution in [0.15, 0.2) is 35.5 Å². The second kappa shape index (κ2) is 9.88. The third-order valence-electron chi connectivity index (χ3n) is 3.82. The lowest BCUT2D eigenvalue weighted by atomic mass is 10.1. The van der Waals surface area contributed by atoms with Crippen molar-refractivity contribution < 1.29 is 28.6 Å². The summed E-state index contributed by atoms with van der Waals surface area (Å²) in [6.07, 6.45) is 0. The van der Waals surface area contributed by atoms with Gasteiger partial charge in [-0.25, -0.2) is 4.79 Å². The average molecular weight is 474 g/mol. The molecule has 158 valence electrons. The molecule has 0 aromatic heterocycles. The molecule has 0 bridgehead atoms. The maximum absolute atomic E-state index is 11.9. The van der Waals surface area contributed by atoms with Gasteiger partial charge >= 0.3 is 5.97 Å². The molecule has 11 heteroatoms. The van der Waals surface area contributed by atoms with Crippen LogP contribution >= 0.6 is 34.8 Å². The fraction of sp³-hybridized carbons (Fsp3) is 0.211. The Morgan fingerprint density at radius 2 is 1.77 bits per heavy atom. The normalized spacial score (nSPS) is 12.5. The highest BCUT2D eigenvalue weighted by atomic mass is 35.5. The molecule has 0 radical (unpaired) electrons. The lowest BCUT2D eigenvalue weighted by Gasteiger charge is -2.09. The van der Waals surface area contributed by atoms with Crippen LogP contribution in [0.3, 0.4) is 0 Å². The van der Waals surface area contributed by atoms with Gasteiger partial charge in [0, 0.05) is 5.56 Å². The zero-order valence-corrected chi connectivity index (χ0v) is 17.8. The van der Waals surface area contributed by atoms with Crippen molar-refractivity contribution in [2.75, 3.05) is 25.3 Å². The summed E-state index contributed by atoms with van der Waals surface area (Å²) >= 11 is 17.7. The molecule has 0 fully saturated rings. The van der Waals surface area contributed by atoms with Crippen LogP contribution in [0.4, 0.5) is 5.69 Å². The number of carbonyl (C=O) groups is 2. The van der Waals surface area contributed by atoms with E-state index < -0.39 is 25.1 Å².